The molecule has 12 heteroatoms. The molecule has 3 aliphatic rings. The summed E-state index contributed by atoms with van der Waals surface area (Å²) in [4.78, 5) is 30.4. The lowest BCUT2D eigenvalue weighted by atomic mass is 9.93. The number of benzene rings is 1. The number of halogens is 2. The van der Waals surface area contributed by atoms with Gasteiger partial charge < -0.3 is 19.7 Å². The number of rotatable bonds is 8. The van der Waals surface area contributed by atoms with E-state index in [0.29, 0.717) is 61.8 Å². The molecule has 4 heterocycles. The molecule has 0 spiro atoms. The highest BCUT2D eigenvalue weighted by Crippen LogP contribution is 2.31. The van der Waals surface area contributed by atoms with Crippen LogP contribution in [0, 0.1) is 0 Å². The Morgan fingerprint density at radius 3 is 2.59 bits per heavy atom. The van der Waals surface area contributed by atoms with Crippen LogP contribution in [0.3, 0.4) is 0 Å². The van der Waals surface area contributed by atoms with Crippen molar-refractivity contribution >= 4 is 22.9 Å². The molecule has 2 aromatic heterocycles. The molecule has 1 aliphatic carbocycles. The molecular weight excluding hydrogens is 532 g/mol. The van der Waals surface area contributed by atoms with E-state index < -0.39 is 6.43 Å². The summed E-state index contributed by atoms with van der Waals surface area (Å²) in [5, 5.41) is 3.20. The van der Waals surface area contributed by atoms with E-state index >= 15 is 0 Å². The van der Waals surface area contributed by atoms with Crippen molar-refractivity contribution < 1.29 is 23.0 Å². The second-order valence-electron chi connectivity index (χ2n) is 11.2. The number of nitrogens with zero attached hydrogens (tertiary/aromatic N) is 6. The summed E-state index contributed by atoms with van der Waals surface area (Å²) in [6.45, 7) is 5.87. The average Bonchev–Trinajstić information content (AvgIpc) is 3.57. The predicted molar refractivity (Wildman–Crippen MR) is 150 cm³/mol. The minimum Gasteiger partial charge on any atom is -0.474 e. The third-order valence-corrected chi connectivity index (χ3v) is 8.35. The summed E-state index contributed by atoms with van der Waals surface area (Å²) >= 11 is 0. The predicted octanol–water partition coefficient (Wildman–Crippen LogP) is 3.88. The van der Waals surface area contributed by atoms with Gasteiger partial charge in [-0.05, 0) is 64.1 Å². The summed E-state index contributed by atoms with van der Waals surface area (Å²) in [7, 11) is 0. The van der Waals surface area contributed by atoms with Crippen molar-refractivity contribution in [3.63, 3.8) is 0 Å². The van der Waals surface area contributed by atoms with E-state index in [1.165, 1.54) is 4.57 Å². The number of morpholine rings is 1. The number of fused-ring (bicyclic) bond motifs is 1. The van der Waals surface area contributed by atoms with E-state index in [2.05, 4.69) is 27.1 Å². The average molecular weight is 570 g/mol. The fourth-order valence-electron chi connectivity index (χ4n) is 6.09. The molecule has 1 amide bonds. The minimum absolute atomic E-state index is 0.0844. The number of para-hydroxylation sites is 2. The molecule has 3 fully saturated rings. The zero-order chi connectivity index (χ0) is 28.3. The lowest BCUT2D eigenvalue weighted by molar-refractivity contribution is -0.123. The van der Waals surface area contributed by atoms with Crippen LogP contribution in [0.4, 0.5) is 14.7 Å². The summed E-state index contributed by atoms with van der Waals surface area (Å²) in [6, 6.07) is 9.23. The molecule has 1 atom stereocenters. The smallest absolute Gasteiger partial charge is 0.296 e. The van der Waals surface area contributed by atoms with Crippen LogP contribution in [0.2, 0.25) is 0 Å². The fourth-order valence-corrected chi connectivity index (χ4v) is 6.09. The molecule has 41 heavy (non-hydrogen) atoms. The number of hydrogen-bond donors (Lipinski definition) is 1. The van der Waals surface area contributed by atoms with Crippen molar-refractivity contribution in [3.8, 4) is 11.7 Å². The number of carbonyl (C=O) groups excluding carboxylic acids is 1. The number of ether oxygens (including phenoxy) is 2. The zero-order valence-electron chi connectivity index (χ0n) is 23.3. The van der Waals surface area contributed by atoms with E-state index in [4.69, 9.17) is 14.5 Å². The molecule has 1 saturated carbocycles. The third-order valence-electron chi connectivity index (χ3n) is 8.35. The van der Waals surface area contributed by atoms with Gasteiger partial charge in [0.05, 0.1) is 30.8 Å². The van der Waals surface area contributed by atoms with Crippen molar-refractivity contribution in [3.05, 3.63) is 36.2 Å². The normalized spacial score (nSPS) is 23.8. The summed E-state index contributed by atoms with van der Waals surface area (Å²) in [5.74, 6) is 0.753. The van der Waals surface area contributed by atoms with E-state index in [1.807, 2.05) is 4.90 Å². The van der Waals surface area contributed by atoms with Crippen molar-refractivity contribution in [1.82, 2.24) is 29.7 Å². The first-order valence-corrected chi connectivity index (χ1v) is 14.6. The molecule has 10 nitrogen and oxygen atoms in total. The van der Waals surface area contributed by atoms with Gasteiger partial charge in [-0.25, -0.2) is 13.8 Å². The molecule has 6 rings (SSSR count). The van der Waals surface area contributed by atoms with Gasteiger partial charge in [-0.1, -0.05) is 12.1 Å². The molecule has 220 valence electrons. The first-order valence-electron chi connectivity index (χ1n) is 14.6. The van der Waals surface area contributed by atoms with Crippen LogP contribution in [-0.2, 0) is 9.53 Å². The van der Waals surface area contributed by atoms with E-state index in [1.54, 1.807) is 30.3 Å². The standard InChI is InChI=1S/C29H37F2N7O3/c1-19-5-4-12-37(19)18-25(39)32-20-8-10-21(11-9-20)41-26-17-24(34-29(35-26)36-13-15-40-16-14-36)38-23-7-3-2-6-22(23)33-28(38)27(30)31/h2-3,6-7,17,19-21,27H,4-5,8-16,18H2,1H3,(H,32,39)/t19-,20-,21-/m1/s1. The molecule has 1 aromatic carbocycles. The molecule has 2 saturated heterocycles. The SMILES string of the molecule is C[C@@H]1CCCN1CC(=O)N[C@H]1CC[C@H](Oc2cc(-n3c(C(F)F)nc4ccccc43)nc(N3CCOCC3)n2)CC1. The van der Waals surface area contributed by atoms with Gasteiger partial charge in [0.1, 0.15) is 11.9 Å². The highest BCUT2D eigenvalue weighted by atomic mass is 19.3. The first-order chi connectivity index (χ1) is 19.9. The van der Waals surface area contributed by atoms with Gasteiger partial charge in [-0.15, -0.1) is 0 Å². The first kappa shape index (κ1) is 27.8. The molecule has 3 aromatic rings. The Kier molecular flexibility index (Phi) is 8.29. The van der Waals surface area contributed by atoms with Crippen LogP contribution >= 0.6 is 0 Å². The Balaban J connectivity index is 1.19. The number of alkyl halides is 2. The lowest BCUT2D eigenvalue weighted by Crippen LogP contribution is -2.45. The second kappa shape index (κ2) is 12.2. The number of likely N-dealkylation sites (tertiary alicyclic amines) is 1. The minimum atomic E-state index is -2.78. The van der Waals surface area contributed by atoms with Gasteiger partial charge in [0.2, 0.25) is 17.7 Å². The van der Waals surface area contributed by atoms with E-state index in [0.717, 1.165) is 45.1 Å². The zero-order valence-corrected chi connectivity index (χ0v) is 23.3. The molecule has 0 bridgehead atoms. The van der Waals surface area contributed by atoms with Crippen LogP contribution in [0.25, 0.3) is 16.9 Å². The van der Waals surface area contributed by atoms with E-state index in [-0.39, 0.29) is 29.7 Å². The summed E-state index contributed by atoms with van der Waals surface area (Å²) in [5.41, 5.74) is 1.01. The molecular formula is C29H37F2N7O3. The van der Waals surface area contributed by atoms with Crippen molar-refractivity contribution in [1.29, 1.82) is 0 Å². The number of imidazole rings is 1. The van der Waals surface area contributed by atoms with Gasteiger partial charge in [-0.3, -0.25) is 14.3 Å². The Bertz CT molecular complexity index is 1360. The molecule has 2 aliphatic heterocycles. The van der Waals surface area contributed by atoms with Crippen LogP contribution in [0.1, 0.15) is 57.7 Å². The monoisotopic (exact) mass is 569 g/mol. The molecule has 0 radical (unpaired) electrons. The van der Waals surface area contributed by atoms with Crippen LogP contribution in [-0.4, -0.2) is 87.9 Å². The molecule has 1 N–H and O–H groups in total. The maximum atomic E-state index is 14.1. The van der Waals surface area contributed by atoms with Crippen molar-refractivity contribution in [2.45, 2.75) is 70.1 Å². The fraction of sp³-hybridized carbons (Fsp3) is 0.586. The number of amides is 1. The van der Waals surface area contributed by atoms with Gasteiger partial charge in [-0.2, -0.15) is 9.97 Å². The van der Waals surface area contributed by atoms with Gasteiger partial charge in [0, 0.05) is 31.2 Å². The third kappa shape index (κ3) is 6.28. The second-order valence-corrected chi connectivity index (χ2v) is 11.2. The Morgan fingerprint density at radius 2 is 1.85 bits per heavy atom. The van der Waals surface area contributed by atoms with Crippen molar-refractivity contribution in [2.75, 3.05) is 44.3 Å². The number of carbonyl (C=O) groups is 1. The van der Waals surface area contributed by atoms with Crippen LogP contribution in [0.5, 0.6) is 5.88 Å². The van der Waals surface area contributed by atoms with Crippen molar-refractivity contribution in [2.24, 2.45) is 0 Å². The lowest BCUT2D eigenvalue weighted by Gasteiger charge is -2.31. The van der Waals surface area contributed by atoms with Gasteiger partial charge in [0.25, 0.3) is 6.43 Å². The maximum absolute atomic E-state index is 14.1. The van der Waals surface area contributed by atoms with Gasteiger partial charge >= 0.3 is 0 Å². The number of hydrogen-bond acceptors (Lipinski definition) is 8. The maximum Gasteiger partial charge on any atom is 0.296 e. The number of anilines is 1. The van der Waals surface area contributed by atoms with Gasteiger partial charge in [0.15, 0.2) is 5.82 Å². The number of nitrogens with one attached hydrogen (secondary N) is 1. The van der Waals surface area contributed by atoms with Crippen LogP contribution in [0.15, 0.2) is 30.3 Å². The largest absolute Gasteiger partial charge is 0.474 e. The number of aromatic nitrogens is 4. The summed E-state index contributed by atoms with van der Waals surface area (Å²) < 4.78 is 41.5. The molecule has 0 unspecified atom stereocenters. The topological polar surface area (TPSA) is 97.6 Å². The van der Waals surface area contributed by atoms with Crippen LogP contribution < -0.4 is 15.0 Å². The Labute approximate surface area is 238 Å². The highest BCUT2D eigenvalue weighted by Gasteiger charge is 2.28. The Hall–Kier alpha value is -3.38. The highest BCUT2D eigenvalue weighted by molar-refractivity contribution is 5.79. The quantitative estimate of drug-likeness (QED) is 0.437. The summed E-state index contributed by atoms with van der Waals surface area (Å²) in [6.07, 6.45) is 2.54. The van der Waals surface area contributed by atoms with E-state index in [9.17, 15) is 13.6 Å². The Morgan fingerprint density at radius 1 is 1.07 bits per heavy atom.